The van der Waals surface area contributed by atoms with Gasteiger partial charge >= 0.3 is 0 Å². The molecule has 0 atom stereocenters. The highest BCUT2D eigenvalue weighted by molar-refractivity contribution is 5.99. The van der Waals surface area contributed by atoms with Gasteiger partial charge in [0.25, 0.3) is 5.91 Å². The second kappa shape index (κ2) is 6.22. The molecule has 5 heteroatoms. The first-order valence-corrected chi connectivity index (χ1v) is 6.59. The van der Waals surface area contributed by atoms with Crippen molar-refractivity contribution in [2.75, 3.05) is 25.0 Å². The van der Waals surface area contributed by atoms with Gasteiger partial charge < -0.3 is 16.0 Å². The average molecular weight is 261 g/mol. The summed E-state index contributed by atoms with van der Waals surface area (Å²) in [5.41, 5.74) is 6.31. The number of primary amides is 1. The van der Waals surface area contributed by atoms with Gasteiger partial charge in [-0.25, -0.2) is 0 Å². The molecule has 0 aromatic heterocycles. The van der Waals surface area contributed by atoms with Crippen LogP contribution in [0.5, 0.6) is 0 Å². The maximum Gasteiger partial charge on any atom is 0.250 e. The number of amides is 2. The number of carbonyl (C=O) groups is 2. The van der Waals surface area contributed by atoms with Crippen molar-refractivity contribution in [2.24, 2.45) is 5.73 Å². The lowest BCUT2D eigenvalue weighted by Crippen LogP contribution is -2.39. The van der Waals surface area contributed by atoms with Crippen LogP contribution in [0, 0.1) is 0 Å². The predicted octanol–water partition coefficient (Wildman–Crippen LogP) is 1.21. The topological polar surface area (TPSA) is 75.4 Å². The number of nitrogens with one attached hydrogen (secondary N) is 1. The number of rotatable bonds is 4. The van der Waals surface area contributed by atoms with E-state index < -0.39 is 5.91 Å². The largest absolute Gasteiger partial charge is 0.376 e. The van der Waals surface area contributed by atoms with E-state index in [4.69, 9.17) is 5.73 Å². The highest BCUT2D eigenvalue weighted by Gasteiger charge is 2.16. The number of hydrogen-bond donors (Lipinski definition) is 2. The number of nitrogens with two attached hydrogens (primary N) is 1. The van der Waals surface area contributed by atoms with Crippen molar-refractivity contribution in [3.8, 4) is 0 Å². The van der Waals surface area contributed by atoms with E-state index in [1.54, 1.807) is 24.3 Å². The van der Waals surface area contributed by atoms with Crippen LogP contribution in [0.4, 0.5) is 5.69 Å². The molecule has 1 aliphatic heterocycles. The van der Waals surface area contributed by atoms with E-state index in [0.717, 1.165) is 25.9 Å². The van der Waals surface area contributed by atoms with E-state index in [0.29, 0.717) is 11.3 Å². The minimum atomic E-state index is -0.492. The number of hydrogen-bond acceptors (Lipinski definition) is 3. The van der Waals surface area contributed by atoms with Gasteiger partial charge in [-0.2, -0.15) is 0 Å². The van der Waals surface area contributed by atoms with E-state index in [2.05, 4.69) is 5.32 Å². The molecule has 5 nitrogen and oxygen atoms in total. The molecule has 1 saturated heterocycles. The lowest BCUT2D eigenvalue weighted by molar-refractivity contribution is -0.130. The summed E-state index contributed by atoms with van der Waals surface area (Å²) in [4.78, 5) is 25.1. The molecular formula is C14H19N3O2. The van der Waals surface area contributed by atoms with Crippen LogP contribution in [0.3, 0.4) is 0 Å². The number of anilines is 1. The van der Waals surface area contributed by atoms with Crippen molar-refractivity contribution in [3.63, 3.8) is 0 Å². The molecule has 1 aromatic carbocycles. The highest BCUT2D eigenvalue weighted by Crippen LogP contribution is 2.14. The molecule has 0 radical (unpaired) electrons. The van der Waals surface area contributed by atoms with E-state index >= 15 is 0 Å². The molecular weight excluding hydrogens is 242 g/mol. The molecule has 1 aliphatic rings. The van der Waals surface area contributed by atoms with Crippen LogP contribution in [-0.2, 0) is 4.79 Å². The Hall–Kier alpha value is -2.04. The lowest BCUT2D eigenvalue weighted by atomic mass is 10.1. The molecule has 19 heavy (non-hydrogen) atoms. The molecule has 2 rings (SSSR count). The van der Waals surface area contributed by atoms with Crippen LogP contribution < -0.4 is 11.1 Å². The zero-order valence-corrected chi connectivity index (χ0v) is 10.9. The summed E-state index contributed by atoms with van der Waals surface area (Å²) < 4.78 is 0. The van der Waals surface area contributed by atoms with Crippen LogP contribution in [0.2, 0.25) is 0 Å². The minimum Gasteiger partial charge on any atom is -0.376 e. The van der Waals surface area contributed by atoms with Crippen LogP contribution >= 0.6 is 0 Å². The van der Waals surface area contributed by atoms with Gasteiger partial charge in [-0.3, -0.25) is 9.59 Å². The molecule has 1 heterocycles. The number of nitrogens with zero attached hydrogens (tertiary/aromatic N) is 1. The monoisotopic (exact) mass is 261 g/mol. The molecule has 1 fully saturated rings. The molecule has 0 spiro atoms. The zero-order chi connectivity index (χ0) is 13.7. The second-order valence-electron chi connectivity index (χ2n) is 4.70. The standard InChI is InChI=1S/C14H19N3O2/c15-14(19)11-6-2-3-7-12(11)16-10-13(18)17-8-4-1-5-9-17/h2-3,6-7,16H,1,4-5,8-10H2,(H2,15,19). The summed E-state index contributed by atoms with van der Waals surface area (Å²) in [5, 5.41) is 3.00. The summed E-state index contributed by atoms with van der Waals surface area (Å²) in [6, 6.07) is 6.96. The van der Waals surface area contributed by atoms with Gasteiger partial charge in [-0.05, 0) is 31.4 Å². The number of piperidine rings is 1. The van der Waals surface area contributed by atoms with Gasteiger partial charge in [0, 0.05) is 18.8 Å². The Kier molecular flexibility index (Phi) is 4.39. The van der Waals surface area contributed by atoms with Crippen LogP contribution in [0.25, 0.3) is 0 Å². The number of para-hydroxylation sites is 1. The number of benzene rings is 1. The zero-order valence-electron chi connectivity index (χ0n) is 10.9. The maximum atomic E-state index is 12.0. The van der Waals surface area contributed by atoms with E-state index in [9.17, 15) is 9.59 Å². The lowest BCUT2D eigenvalue weighted by Gasteiger charge is -2.27. The first-order chi connectivity index (χ1) is 9.18. The Morgan fingerprint density at radius 1 is 1.16 bits per heavy atom. The van der Waals surface area contributed by atoms with Gasteiger partial charge in [0.2, 0.25) is 5.91 Å². The van der Waals surface area contributed by atoms with Gasteiger partial charge in [0.05, 0.1) is 12.1 Å². The smallest absolute Gasteiger partial charge is 0.250 e. The van der Waals surface area contributed by atoms with Crippen molar-refractivity contribution < 1.29 is 9.59 Å². The minimum absolute atomic E-state index is 0.0685. The Labute approximate surface area is 112 Å². The molecule has 0 unspecified atom stereocenters. The summed E-state index contributed by atoms with van der Waals surface area (Å²) >= 11 is 0. The normalized spacial score (nSPS) is 15.1. The number of carbonyl (C=O) groups excluding carboxylic acids is 2. The van der Waals surface area contributed by atoms with E-state index in [1.165, 1.54) is 6.42 Å². The van der Waals surface area contributed by atoms with Crippen molar-refractivity contribution in [1.82, 2.24) is 4.90 Å². The Balaban J connectivity index is 1.94. The van der Waals surface area contributed by atoms with Gasteiger partial charge in [0.1, 0.15) is 0 Å². The summed E-state index contributed by atoms with van der Waals surface area (Å²) in [6.07, 6.45) is 3.34. The van der Waals surface area contributed by atoms with Crippen LogP contribution in [0.1, 0.15) is 29.6 Å². The van der Waals surface area contributed by atoms with Crippen molar-refractivity contribution >= 4 is 17.5 Å². The van der Waals surface area contributed by atoms with E-state index in [-0.39, 0.29) is 12.5 Å². The third-order valence-electron chi connectivity index (χ3n) is 3.33. The molecule has 3 N–H and O–H groups in total. The molecule has 102 valence electrons. The fourth-order valence-electron chi connectivity index (χ4n) is 2.28. The predicted molar refractivity (Wildman–Crippen MR) is 73.9 cm³/mol. The molecule has 0 bridgehead atoms. The van der Waals surface area contributed by atoms with Crippen LogP contribution in [0.15, 0.2) is 24.3 Å². The molecule has 1 aromatic rings. The van der Waals surface area contributed by atoms with Gasteiger partial charge in [-0.15, -0.1) is 0 Å². The second-order valence-corrected chi connectivity index (χ2v) is 4.70. The Morgan fingerprint density at radius 3 is 2.53 bits per heavy atom. The Morgan fingerprint density at radius 2 is 1.84 bits per heavy atom. The fourth-order valence-corrected chi connectivity index (χ4v) is 2.28. The summed E-state index contributed by atoms with van der Waals surface area (Å²) in [7, 11) is 0. The molecule has 0 aliphatic carbocycles. The van der Waals surface area contributed by atoms with E-state index in [1.807, 2.05) is 4.90 Å². The van der Waals surface area contributed by atoms with Crippen molar-refractivity contribution in [3.05, 3.63) is 29.8 Å². The third kappa shape index (κ3) is 3.47. The molecule has 0 saturated carbocycles. The van der Waals surface area contributed by atoms with Gasteiger partial charge in [-0.1, -0.05) is 12.1 Å². The maximum absolute atomic E-state index is 12.0. The summed E-state index contributed by atoms with van der Waals surface area (Å²) in [5.74, 6) is -0.424. The van der Waals surface area contributed by atoms with Gasteiger partial charge in [0.15, 0.2) is 0 Å². The van der Waals surface area contributed by atoms with Crippen molar-refractivity contribution in [2.45, 2.75) is 19.3 Å². The first-order valence-electron chi connectivity index (χ1n) is 6.59. The summed E-state index contributed by atoms with van der Waals surface area (Å²) in [6.45, 7) is 1.86. The quantitative estimate of drug-likeness (QED) is 0.855. The van der Waals surface area contributed by atoms with Crippen molar-refractivity contribution in [1.29, 1.82) is 0 Å². The average Bonchev–Trinajstić information content (AvgIpc) is 2.46. The first kappa shape index (κ1) is 13.4. The number of likely N-dealkylation sites (tertiary alicyclic amines) is 1. The molecule has 2 amide bonds. The fraction of sp³-hybridized carbons (Fsp3) is 0.429. The highest BCUT2D eigenvalue weighted by atomic mass is 16.2. The van der Waals surface area contributed by atoms with Crippen LogP contribution in [-0.4, -0.2) is 36.3 Å². The Bertz CT molecular complexity index is 468. The SMILES string of the molecule is NC(=O)c1ccccc1NCC(=O)N1CCCCC1. The third-order valence-corrected chi connectivity index (χ3v) is 3.33.